The Balaban J connectivity index is 3.87. The van der Waals surface area contributed by atoms with Crippen LogP contribution >= 0.6 is 0 Å². The van der Waals surface area contributed by atoms with E-state index in [0.717, 1.165) is 19.5 Å². The van der Waals surface area contributed by atoms with Gasteiger partial charge in [-0.2, -0.15) is 0 Å². The van der Waals surface area contributed by atoms with Gasteiger partial charge in [-0.15, -0.1) is 0 Å². The Morgan fingerprint density at radius 3 is 2.21 bits per heavy atom. The number of rotatable bonds is 7. The lowest BCUT2D eigenvalue weighted by Crippen LogP contribution is -2.35. The SMILES string of the molecule is CCNCC(C)C(C)OC(C)(C)CC. The van der Waals surface area contributed by atoms with Crippen LogP contribution in [0.15, 0.2) is 0 Å². The summed E-state index contributed by atoms with van der Waals surface area (Å²) < 4.78 is 6.01. The van der Waals surface area contributed by atoms with Gasteiger partial charge in [0.2, 0.25) is 0 Å². The van der Waals surface area contributed by atoms with E-state index in [4.69, 9.17) is 4.74 Å². The molecule has 0 bridgehead atoms. The van der Waals surface area contributed by atoms with Crippen molar-refractivity contribution >= 4 is 0 Å². The molecule has 2 unspecified atom stereocenters. The van der Waals surface area contributed by atoms with Gasteiger partial charge in [0.1, 0.15) is 0 Å². The molecule has 0 aromatic carbocycles. The zero-order valence-electron chi connectivity index (χ0n) is 10.7. The van der Waals surface area contributed by atoms with Gasteiger partial charge < -0.3 is 10.1 Å². The quantitative estimate of drug-likeness (QED) is 0.684. The second-order valence-electron chi connectivity index (χ2n) is 4.72. The molecule has 0 amide bonds. The van der Waals surface area contributed by atoms with Crippen LogP contribution < -0.4 is 5.32 Å². The molecular weight excluding hydrogens is 174 g/mol. The molecule has 14 heavy (non-hydrogen) atoms. The lowest BCUT2D eigenvalue weighted by Gasteiger charge is -2.31. The smallest absolute Gasteiger partial charge is 0.0627 e. The van der Waals surface area contributed by atoms with E-state index >= 15 is 0 Å². The number of ether oxygens (including phenoxy) is 1. The first-order chi connectivity index (χ1) is 6.43. The maximum Gasteiger partial charge on any atom is 0.0627 e. The van der Waals surface area contributed by atoms with Crippen LogP contribution in [0.5, 0.6) is 0 Å². The molecule has 0 saturated heterocycles. The van der Waals surface area contributed by atoms with E-state index in [1.54, 1.807) is 0 Å². The summed E-state index contributed by atoms with van der Waals surface area (Å²) in [6.45, 7) is 15.1. The van der Waals surface area contributed by atoms with Gasteiger partial charge in [-0.25, -0.2) is 0 Å². The summed E-state index contributed by atoms with van der Waals surface area (Å²) in [6.07, 6.45) is 1.38. The monoisotopic (exact) mass is 201 g/mol. The van der Waals surface area contributed by atoms with Crippen molar-refractivity contribution < 1.29 is 4.74 Å². The predicted octanol–water partition coefficient (Wildman–Crippen LogP) is 2.83. The Labute approximate surface area is 89.4 Å². The summed E-state index contributed by atoms with van der Waals surface area (Å²) in [4.78, 5) is 0. The van der Waals surface area contributed by atoms with E-state index in [-0.39, 0.29) is 5.60 Å². The van der Waals surface area contributed by atoms with Crippen LogP contribution in [0.4, 0.5) is 0 Å². The van der Waals surface area contributed by atoms with E-state index in [2.05, 4.69) is 46.9 Å². The number of nitrogens with one attached hydrogen (secondary N) is 1. The fraction of sp³-hybridized carbons (Fsp3) is 1.00. The molecule has 0 fully saturated rings. The van der Waals surface area contributed by atoms with Crippen LogP contribution in [-0.2, 0) is 4.74 Å². The van der Waals surface area contributed by atoms with Crippen LogP contribution in [0, 0.1) is 5.92 Å². The molecule has 0 heterocycles. The highest BCUT2D eigenvalue weighted by Crippen LogP contribution is 2.19. The molecule has 0 aliphatic heterocycles. The molecule has 2 atom stereocenters. The Hall–Kier alpha value is -0.0800. The maximum atomic E-state index is 6.01. The largest absolute Gasteiger partial charge is 0.372 e. The lowest BCUT2D eigenvalue weighted by atomic mass is 10.0. The topological polar surface area (TPSA) is 21.3 Å². The minimum atomic E-state index is 0.0138. The Kier molecular flexibility index (Phi) is 6.38. The first kappa shape index (κ1) is 13.9. The fourth-order valence-corrected chi connectivity index (χ4v) is 1.24. The lowest BCUT2D eigenvalue weighted by molar-refractivity contribution is -0.0850. The van der Waals surface area contributed by atoms with E-state index in [0.29, 0.717) is 12.0 Å². The average Bonchev–Trinajstić information content (AvgIpc) is 2.13. The first-order valence-corrected chi connectivity index (χ1v) is 5.81. The second-order valence-corrected chi connectivity index (χ2v) is 4.72. The highest BCUT2D eigenvalue weighted by molar-refractivity contribution is 4.71. The molecule has 2 heteroatoms. The summed E-state index contributed by atoms with van der Waals surface area (Å²) in [6, 6.07) is 0. The molecule has 86 valence electrons. The summed E-state index contributed by atoms with van der Waals surface area (Å²) in [5.74, 6) is 0.570. The van der Waals surface area contributed by atoms with Gasteiger partial charge in [-0.05, 0) is 39.7 Å². The standard InChI is InChI=1S/C12H27NO/c1-7-12(5,6)14-11(4)10(3)9-13-8-2/h10-11,13H,7-9H2,1-6H3. The maximum absolute atomic E-state index is 6.01. The van der Waals surface area contributed by atoms with Crippen molar-refractivity contribution in [2.24, 2.45) is 5.92 Å². The van der Waals surface area contributed by atoms with Crippen molar-refractivity contribution in [1.29, 1.82) is 0 Å². The van der Waals surface area contributed by atoms with Crippen molar-refractivity contribution in [2.75, 3.05) is 13.1 Å². The fourth-order valence-electron chi connectivity index (χ4n) is 1.24. The third-order valence-electron chi connectivity index (χ3n) is 2.87. The average molecular weight is 201 g/mol. The van der Waals surface area contributed by atoms with E-state index in [1.807, 2.05) is 0 Å². The van der Waals surface area contributed by atoms with Crippen molar-refractivity contribution in [3.8, 4) is 0 Å². The predicted molar refractivity (Wildman–Crippen MR) is 62.6 cm³/mol. The number of hydrogen-bond acceptors (Lipinski definition) is 2. The van der Waals surface area contributed by atoms with Gasteiger partial charge in [-0.3, -0.25) is 0 Å². The van der Waals surface area contributed by atoms with Crippen molar-refractivity contribution in [3.63, 3.8) is 0 Å². The Morgan fingerprint density at radius 1 is 1.21 bits per heavy atom. The zero-order chi connectivity index (χ0) is 11.2. The van der Waals surface area contributed by atoms with Gasteiger partial charge in [0.15, 0.2) is 0 Å². The van der Waals surface area contributed by atoms with Crippen LogP contribution in [0.2, 0.25) is 0 Å². The first-order valence-electron chi connectivity index (χ1n) is 5.81. The number of hydrogen-bond donors (Lipinski definition) is 1. The summed E-state index contributed by atoms with van der Waals surface area (Å²) in [5.41, 5.74) is 0.0138. The van der Waals surface area contributed by atoms with E-state index in [1.165, 1.54) is 0 Å². The van der Waals surface area contributed by atoms with Gasteiger partial charge >= 0.3 is 0 Å². The zero-order valence-corrected chi connectivity index (χ0v) is 10.7. The molecule has 0 aliphatic carbocycles. The summed E-state index contributed by atoms with van der Waals surface area (Å²) in [5, 5.41) is 3.35. The molecule has 0 spiro atoms. The van der Waals surface area contributed by atoms with Gasteiger partial charge in [0.25, 0.3) is 0 Å². The van der Waals surface area contributed by atoms with E-state index in [9.17, 15) is 0 Å². The molecule has 1 N–H and O–H groups in total. The molecule has 2 nitrogen and oxygen atoms in total. The highest BCUT2D eigenvalue weighted by Gasteiger charge is 2.22. The van der Waals surface area contributed by atoms with Crippen LogP contribution in [-0.4, -0.2) is 24.8 Å². The molecule has 0 aromatic rings. The van der Waals surface area contributed by atoms with Crippen LogP contribution in [0.3, 0.4) is 0 Å². The summed E-state index contributed by atoms with van der Waals surface area (Å²) >= 11 is 0. The third-order valence-corrected chi connectivity index (χ3v) is 2.87. The van der Waals surface area contributed by atoms with Gasteiger partial charge in [-0.1, -0.05) is 20.8 Å². The van der Waals surface area contributed by atoms with Gasteiger partial charge in [0, 0.05) is 6.54 Å². The normalized spacial score (nSPS) is 16.7. The summed E-state index contributed by atoms with van der Waals surface area (Å²) in [7, 11) is 0. The highest BCUT2D eigenvalue weighted by atomic mass is 16.5. The van der Waals surface area contributed by atoms with Crippen molar-refractivity contribution in [2.45, 2.75) is 59.7 Å². The Morgan fingerprint density at radius 2 is 1.79 bits per heavy atom. The molecule has 0 aromatic heterocycles. The third kappa shape index (κ3) is 5.61. The Bertz CT molecular complexity index is 145. The van der Waals surface area contributed by atoms with Crippen LogP contribution in [0.1, 0.15) is 48.0 Å². The molecule has 0 saturated carbocycles. The van der Waals surface area contributed by atoms with Crippen molar-refractivity contribution in [3.05, 3.63) is 0 Å². The molecule has 0 radical (unpaired) electrons. The molecule has 0 aliphatic rings. The molecule has 0 rings (SSSR count). The van der Waals surface area contributed by atoms with Gasteiger partial charge in [0.05, 0.1) is 11.7 Å². The second kappa shape index (κ2) is 6.41. The minimum absolute atomic E-state index is 0.0138. The minimum Gasteiger partial charge on any atom is -0.372 e. The van der Waals surface area contributed by atoms with Crippen molar-refractivity contribution in [1.82, 2.24) is 5.32 Å². The molecular formula is C12H27NO. The van der Waals surface area contributed by atoms with Crippen LogP contribution in [0.25, 0.3) is 0 Å². The van der Waals surface area contributed by atoms with E-state index < -0.39 is 0 Å².